The molecule has 1 saturated heterocycles. The van der Waals surface area contributed by atoms with Crippen LogP contribution in [0.4, 0.5) is 0 Å². The number of aryl methyl sites for hydroxylation is 2. The van der Waals surface area contributed by atoms with Crippen LogP contribution in [0.3, 0.4) is 0 Å². The van der Waals surface area contributed by atoms with Crippen LogP contribution in [0.1, 0.15) is 23.2 Å². The van der Waals surface area contributed by atoms with Crippen LogP contribution in [0.15, 0.2) is 18.3 Å². The van der Waals surface area contributed by atoms with Gasteiger partial charge in [-0.1, -0.05) is 6.07 Å². The molecule has 18 heavy (non-hydrogen) atoms. The Morgan fingerprint density at radius 1 is 1.28 bits per heavy atom. The number of nitrogens with zero attached hydrogens (tertiary/aromatic N) is 2. The number of hydrogen-bond acceptors (Lipinski definition) is 3. The Kier molecular flexibility index (Phi) is 2.08. The number of aromatic nitrogens is 2. The molecule has 0 N–H and O–H groups in total. The first-order chi connectivity index (χ1) is 8.76. The van der Waals surface area contributed by atoms with Crippen molar-refractivity contribution in [1.29, 1.82) is 0 Å². The topological polar surface area (TPSA) is 35.8 Å². The van der Waals surface area contributed by atoms with Gasteiger partial charge < -0.3 is 9.47 Å². The van der Waals surface area contributed by atoms with Gasteiger partial charge in [-0.15, -0.1) is 0 Å². The third-order valence-electron chi connectivity index (χ3n) is 3.97. The highest BCUT2D eigenvalue weighted by Gasteiger charge is 2.41. The monoisotopic (exact) mass is 244 g/mol. The number of hydrogen-bond donors (Lipinski definition) is 0. The fraction of sp³-hybridized carbons (Fsp3) is 0.500. The molecule has 0 aromatic carbocycles. The molecule has 0 saturated carbocycles. The zero-order valence-electron chi connectivity index (χ0n) is 10.5. The summed E-state index contributed by atoms with van der Waals surface area (Å²) in [6.07, 6.45) is 4.77. The highest BCUT2D eigenvalue weighted by molar-refractivity contribution is 5.58. The Morgan fingerprint density at radius 3 is 2.94 bits per heavy atom. The van der Waals surface area contributed by atoms with E-state index >= 15 is 0 Å². The van der Waals surface area contributed by atoms with Gasteiger partial charge in [0.15, 0.2) is 5.79 Å². The van der Waals surface area contributed by atoms with E-state index in [1.54, 1.807) is 0 Å². The van der Waals surface area contributed by atoms with Crippen LogP contribution in [0.2, 0.25) is 0 Å². The molecule has 0 amide bonds. The van der Waals surface area contributed by atoms with E-state index in [-0.39, 0.29) is 5.79 Å². The van der Waals surface area contributed by atoms with Crippen LogP contribution < -0.4 is 0 Å². The summed E-state index contributed by atoms with van der Waals surface area (Å²) in [6, 6.07) is 4.28. The Bertz CT molecular complexity index is 612. The molecule has 4 nitrogen and oxygen atoms in total. The second-order valence-electron chi connectivity index (χ2n) is 5.25. The minimum atomic E-state index is -0.374. The van der Waals surface area contributed by atoms with Gasteiger partial charge in [0.2, 0.25) is 0 Å². The van der Waals surface area contributed by atoms with E-state index in [9.17, 15) is 0 Å². The number of ether oxygens (including phenoxy) is 2. The van der Waals surface area contributed by atoms with Crippen LogP contribution in [0.5, 0.6) is 0 Å². The molecule has 0 unspecified atom stereocenters. The summed E-state index contributed by atoms with van der Waals surface area (Å²) in [4.78, 5) is 0. The Morgan fingerprint density at radius 2 is 2.11 bits per heavy atom. The van der Waals surface area contributed by atoms with Crippen molar-refractivity contribution in [3.63, 3.8) is 0 Å². The number of rotatable bonds is 0. The van der Waals surface area contributed by atoms with Crippen molar-refractivity contribution in [1.82, 2.24) is 9.61 Å². The lowest BCUT2D eigenvalue weighted by Crippen LogP contribution is -2.36. The zero-order chi connectivity index (χ0) is 12.2. The quantitative estimate of drug-likeness (QED) is 0.709. The van der Waals surface area contributed by atoms with Gasteiger partial charge in [-0.05, 0) is 25.0 Å². The summed E-state index contributed by atoms with van der Waals surface area (Å²) in [7, 11) is 0. The molecule has 2 aliphatic rings. The van der Waals surface area contributed by atoms with E-state index in [2.05, 4.69) is 30.4 Å². The van der Waals surface area contributed by atoms with Crippen molar-refractivity contribution in [2.75, 3.05) is 13.2 Å². The fourth-order valence-electron chi connectivity index (χ4n) is 3.06. The predicted octanol–water partition coefficient (Wildman–Crippen LogP) is 1.87. The van der Waals surface area contributed by atoms with Gasteiger partial charge in [0.05, 0.1) is 24.4 Å². The van der Waals surface area contributed by atoms with Gasteiger partial charge in [-0.25, -0.2) is 4.52 Å². The summed E-state index contributed by atoms with van der Waals surface area (Å²) in [5, 5.41) is 4.67. The summed E-state index contributed by atoms with van der Waals surface area (Å²) in [5.41, 5.74) is 4.91. The average Bonchev–Trinajstić information content (AvgIpc) is 2.94. The summed E-state index contributed by atoms with van der Waals surface area (Å²) >= 11 is 0. The Labute approximate surface area is 106 Å². The van der Waals surface area contributed by atoms with Gasteiger partial charge in [0.25, 0.3) is 0 Å². The van der Waals surface area contributed by atoms with Crippen molar-refractivity contribution in [2.24, 2.45) is 0 Å². The molecule has 3 heterocycles. The first-order valence-electron chi connectivity index (χ1n) is 6.50. The minimum Gasteiger partial charge on any atom is -0.347 e. The number of pyridine rings is 1. The van der Waals surface area contributed by atoms with Crippen LogP contribution in [0.25, 0.3) is 5.52 Å². The van der Waals surface area contributed by atoms with E-state index < -0.39 is 0 Å². The Hall–Kier alpha value is -1.39. The van der Waals surface area contributed by atoms with Crippen molar-refractivity contribution in [2.45, 2.75) is 32.0 Å². The highest BCUT2D eigenvalue weighted by Crippen LogP contribution is 2.36. The van der Waals surface area contributed by atoms with Crippen LogP contribution in [-0.4, -0.2) is 28.6 Å². The van der Waals surface area contributed by atoms with Gasteiger partial charge in [-0.3, -0.25) is 0 Å². The second-order valence-corrected chi connectivity index (χ2v) is 5.25. The number of fused-ring (bicyclic) bond motifs is 3. The molecule has 0 atom stereocenters. The highest BCUT2D eigenvalue weighted by atomic mass is 16.7. The largest absolute Gasteiger partial charge is 0.347 e. The van der Waals surface area contributed by atoms with Gasteiger partial charge in [0, 0.05) is 24.6 Å². The maximum Gasteiger partial charge on any atom is 0.173 e. The van der Waals surface area contributed by atoms with Gasteiger partial charge >= 0.3 is 0 Å². The second kappa shape index (κ2) is 3.56. The van der Waals surface area contributed by atoms with Crippen LogP contribution in [0, 0.1) is 6.92 Å². The summed E-state index contributed by atoms with van der Waals surface area (Å²) in [5.74, 6) is -0.374. The smallest absolute Gasteiger partial charge is 0.173 e. The van der Waals surface area contributed by atoms with E-state index in [1.807, 2.05) is 4.52 Å². The van der Waals surface area contributed by atoms with Crippen LogP contribution in [-0.2, 0) is 22.3 Å². The Balaban J connectivity index is 1.84. The predicted molar refractivity (Wildman–Crippen MR) is 66.6 cm³/mol. The molecular weight excluding hydrogens is 228 g/mol. The van der Waals surface area contributed by atoms with Crippen molar-refractivity contribution in [3.8, 4) is 0 Å². The maximum absolute atomic E-state index is 5.82. The molecule has 4 heteroatoms. The molecule has 0 radical (unpaired) electrons. The van der Waals surface area contributed by atoms with E-state index in [1.165, 1.54) is 22.3 Å². The van der Waals surface area contributed by atoms with Gasteiger partial charge in [0.1, 0.15) is 0 Å². The first-order valence-corrected chi connectivity index (χ1v) is 6.50. The maximum atomic E-state index is 5.82. The van der Waals surface area contributed by atoms with Gasteiger partial charge in [-0.2, -0.15) is 5.10 Å². The normalized spacial score (nSPS) is 21.6. The SMILES string of the molecule is Cc1ccc2c3c(nn2c1)CCC1(C3)OCCO1. The molecule has 2 aromatic heterocycles. The van der Waals surface area contributed by atoms with Crippen LogP contribution >= 0.6 is 0 Å². The molecule has 1 aliphatic carbocycles. The van der Waals surface area contributed by atoms with Crippen molar-refractivity contribution >= 4 is 5.52 Å². The zero-order valence-corrected chi connectivity index (χ0v) is 10.5. The molecule has 1 fully saturated rings. The molecule has 1 aliphatic heterocycles. The lowest BCUT2D eigenvalue weighted by molar-refractivity contribution is -0.163. The fourth-order valence-corrected chi connectivity index (χ4v) is 3.06. The third kappa shape index (κ3) is 1.42. The third-order valence-corrected chi connectivity index (χ3v) is 3.97. The van der Waals surface area contributed by atoms with Crippen molar-refractivity contribution < 1.29 is 9.47 Å². The average molecular weight is 244 g/mol. The molecule has 1 spiro atoms. The summed E-state index contributed by atoms with van der Waals surface area (Å²) in [6.45, 7) is 3.52. The lowest BCUT2D eigenvalue weighted by Gasteiger charge is -2.30. The summed E-state index contributed by atoms with van der Waals surface area (Å²) < 4.78 is 13.6. The molecule has 2 aromatic rings. The molecule has 4 rings (SSSR count). The minimum absolute atomic E-state index is 0.374. The lowest BCUT2D eigenvalue weighted by atomic mass is 9.91. The van der Waals surface area contributed by atoms with E-state index in [0.29, 0.717) is 13.2 Å². The molecule has 94 valence electrons. The van der Waals surface area contributed by atoms with E-state index in [4.69, 9.17) is 9.47 Å². The van der Waals surface area contributed by atoms with Crippen molar-refractivity contribution in [3.05, 3.63) is 35.2 Å². The molecular formula is C14H16N2O2. The standard InChI is InChI=1S/C14H16N2O2/c1-10-2-3-13-11-8-14(17-6-7-18-14)5-4-12(11)15-16(13)9-10/h2-3,9H,4-8H2,1H3. The first kappa shape index (κ1) is 10.5. The molecule has 0 bridgehead atoms. The van der Waals surface area contributed by atoms with E-state index in [0.717, 1.165) is 19.3 Å².